The van der Waals surface area contributed by atoms with E-state index in [2.05, 4.69) is 10.3 Å². The summed E-state index contributed by atoms with van der Waals surface area (Å²) in [6.07, 6.45) is 0. The number of amides is 1. The number of para-hydroxylation sites is 1. The minimum Gasteiger partial charge on any atom is -0.366 e. The molecule has 0 radical (unpaired) electrons. The normalized spacial score (nSPS) is 14.4. The lowest BCUT2D eigenvalue weighted by molar-refractivity contribution is 0.0740. The lowest BCUT2D eigenvalue weighted by Crippen LogP contribution is -2.49. The summed E-state index contributed by atoms with van der Waals surface area (Å²) in [5.41, 5.74) is 2.83. The molecule has 4 rings (SSSR count). The molecule has 2 aromatic carbocycles. The summed E-state index contributed by atoms with van der Waals surface area (Å²) in [7, 11) is 0. The van der Waals surface area contributed by atoms with Gasteiger partial charge in [-0.2, -0.15) is 0 Å². The van der Waals surface area contributed by atoms with Crippen LogP contribution in [0.25, 0.3) is 0 Å². The van der Waals surface area contributed by atoms with Crippen molar-refractivity contribution in [1.82, 2.24) is 19.9 Å². The lowest BCUT2D eigenvalue weighted by atomic mass is 10.2. The first kappa shape index (κ1) is 18.2. The SMILES string of the molecule is Cc1c(C(=O)N2CCN(c3ccccc3F)CC2)nnn1Cc1ccccc1. The third-order valence-electron chi connectivity index (χ3n) is 5.12. The van der Waals surface area contributed by atoms with E-state index >= 15 is 0 Å². The zero-order valence-corrected chi connectivity index (χ0v) is 15.8. The molecule has 0 aliphatic carbocycles. The average molecular weight is 379 g/mol. The third kappa shape index (κ3) is 3.60. The van der Waals surface area contributed by atoms with Gasteiger partial charge in [0.15, 0.2) is 5.69 Å². The second kappa shape index (κ2) is 7.80. The molecule has 1 amide bonds. The molecule has 1 fully saturated rings. The standard InChI is InChI=1S/C21H22FN5O/c1-16-20(23-24-27(16)15-17-7-3-2-4-8-17)21(28)26-13-11-25(12-14-26)19-10-6-5-9-18(19)22/h2-10H,11-15H2,1H3. The van der Waals surface area contributed by atoms with Crippen molar-refractivity contribution in [1.29, 1.82) is 0 Å². The van der Waals surface area contributed by atoms with Gasteiger partial charge in [-0.1, -0.05) is 47.7 Å². The maximum absolute atomic E-state index is 14.0. The number of aromatic nitrogens is 3. The molecule has 0 unspecified atom stereocenters. The molecule has 2 heterocycles. The van der Waals surface area contributed by atoms with E-state index in [4.69, 9.17) is 0 Å². The van der Waals surface area contributed by atoms with E-state index in [0.29, 0.717) is 44.1 Å². The molecule has 1 aliphatic rings. The average Bonchev–Trinajstić information content (AvgIpc) is 3.09. The molecule has 1 aliphatic heterocycles. The number of rotatable bonds is 4. The summed E-state index contributed by atoms with van der Waals surface area (Å²) in [6, 6.07) is 16.7. The predicted molar refractivity (Wildman–Crippen MR) is 105 cm³/mol. The Morgan fingerprint density at radius 2 is 1.68 bits per heavy atom. The smallest absolute Gasteiger partial charge is 0.276 e. The highest BCUT2D eigenvalue weighted by atomic mass is 19.1. The first-order valence-electron chi connectivity index (χ1n) is 9.36. The van der Waals surface area contributed by atoms with E-state index in [1.165, 1.54) is 6.07 Å². The van der Waals surface area contributed by atoms with Gasteiger partial charge in [0.05, 0.1) is 17.9 Å². The maximum atomic E-state index is 14.0. The number of benzene rings is 2. The van der Waals surface area contributed by atoms with Crippen molar-refractivity contribution in [2.45, 2.75) is 13.5 Å². The molecule has 1 aromatic heterocycles. The van der Waals surface area contributed by atoms with Gasteiger partial charge in [-0.15, -0.1) is 5.10 Å². The quantitative estimate of drug-likeness (QED) is 0.700. The van der Waals surface area contributed by atoms with Crippen molar-refractivity contribution in [3.8, 4) is 0 Å². The summed E-state index contributed by atoms with van der Waals surface area (Å²) in [5.74, 6) is -0.355. The highest BCUT2D eigenvalue weighted by Gasteiger charge is 2.27. The van der Waals surface area contributed by atoms with Crippen LogP contribution in [0.4, 0.5) is 10.1 Å². The topological polar surface area (TPSA) is 54.3 Å². The van der Waals surface area contributed by atoms with E-state index in [9.17, 15) is 9.18 Å². The van der Waals surface area contributed by atoms with E-state index in [1.54, 1.807) is 21.7 Å². The summed E-state index contributed by atoms with van der Waals surface area (Å²) < 4.78 is 15.7. The van der Waals surface area contributed by atoms with Crippen molar-refractivity contribution in [2.75, 3.05) is 31.1 Å². The molecular weight excluding hydrogens is 357 g/mol. The molecule has 0 saturated carbocycles. The van der Waals surface area contributed by atoms with Crippen LogP contribution in [-0.2, 0) is 6.54 Å². The molecule has 28 heavy (non-hydrogen) atoms. The Morgan fingerprint density at radius 3 is 2.39 bits per heavy atom. The second-order valence-electron chi connectivity index (χ2n) is 6.90. The number of hydrogen-bond donors (Lipinski definition) is 0. The van der Waals surface area contributed by atoms with E-state index in [1.807, 2.05) is 48.2 Å². The molecular formula is C21H22FN5O. The number of halogens is 1. The van der Waals surface area contributed by atoms with Crippen LogP contribution in [0.15, 0.2) is 54.6 Å². The van der Waals surface area contributed by atoms with Gasteiger partial charge in [-0.25, -0.2) is 9.07 Å². The van der Waals surface area contributed by atoms with Gasteiger partial charge in [0.2, 0.25) is 0 Å². The summed E-state index contributed by atoms with van der Waals surface area (Å²) in [6.45, 7) is 4.67. The second-order valence-corrected chi connectivity index (χ2v) is 6.90. The molecule has 144 valence electrons. The number of carbonyl (C=O) groups excluding carboxylic acids is 1. The summed E-state index contributed by atoms with van der Waals surface area (Å²) in [4.78, 5) is 16.6. The van der Waals surface area contributed by atoms with E-state index in [-0.39, 0.29) is 11.7 Å². The third-order valence-corrected chi connectivity index (χ3v) is 5.12. The number of hydrogen-bond acceptors (Lipinski definition) is 4. The molecule has 3 aromatic rings. The molecule has 1 saturated heterocycles. The fourth-order valence-corrected chi connectivity index (χ4v) is 3.47. The monoisotopic (exact) mass is 379 g/mol. The minimum atomic E-state index is -0.234. The molecule has 0 atom stereocenters. The number of nitrogens with zero attached hydrogens (tertiary/aromatic N) is 5. The van der Waals surface area contributed by atoms with E-state index < -0.39 is 0 Å². The van der Waals surface area contributed by atoms with E-state index in [0.717, 1.165) is 11.3 Å². The van der Waals surface area contributed by atoms with Crippen molar-refractivity contribution >= 4 is 11.6 Å². The van der Waals surface area contributed by atoms with Crippen LogP contribution in [0, 0.1) is 12.7 Å². The number of piperazine rings is 1. The molecule has 0 N–H and O–H groups in total. The Kier molecular flexibility index (Phi) is 5.06. The highest BCUT2D eigenvalue weighted by Crippen LogP contribution is 2.21. The fourth-order valence-electron chi connectivity index (χ4n) is 3.47. The van der Waals surface area contributed by atoms with Crippen molar-refractivity contribution in [2.24, 2.45) is 0 Å². The number of carbonyl (C=O) groups is 1. The molecule has 7 heteroatoms. The Labute approximate surface area is 163 Å². The van der Waals surface area contributed by atoms with Crippen molar-refractivity contribution < 1.29 is 9.18 Å². The van der Waals surface area contributed by atoms with Gasteiger partial charge in [0.25, 0.3) is 5.91 Å². The Hall–Kier alpha value is -3.22. The maximum Gasteiger partial charge on any atom is 0.276 e. The molecule has 0 bridgehead atoms. The van der Waals surface area contributed by atoms with Crippen LogP contribution < -0.4 is 4.90 Å². The van der Waals surface area contributed by atoms with Crippen LogP contribution in [0.3, 0.4) is 0 Å². The zero-order chi connectivity index (χ0) is 19.5. The van der Waals surface area contributed by atoms with Crippen LogP contribution in [0.1, 0.15) is 21.7 Å². The summed E-state index contributed by atoms with van der Waals surface area (Å²) >= 11 is 0. The van der Waals surface area contributed by atoms with Crippen LogP contribution in [-0.4, -0.2) is 52.0 Å². The van der Waals surface area contributed by atoms with Crippen molar-refractivity contribution in [3.63, 3.8) is 0 Å². The Bertz CT molecular complexity index is 964. The largest absolute Gasteiger partial charge is 0.366 e. The van der Waals surface area contributed by atoms with Gasteiger partial charge in [-0.05, 0) is 24.6 Å². The van der Waals surface area contributed by atoms with Gasteiger partial charge in [0, 0.05) is 26.2 Å². The fraction of sp³-hybridized carbons (Fsp3) is 0.286. The Balaban J connectivity index is 1.42. The van der Waals surface area contributed by atoms with Crippen molar-refractivity contribution in [3.05, 3.63) is 77.4 Å². The van der Waals surface area contributed by atoms with Gasteiger partial charge in [0.1, 0.15) is 5.82 Å². The van der Waals surface area contributed by atoms with Gasteiger partial charge >= 0.3 is 0 Å². The predicted octanol–water partition coefficient (Wildman–Crippen LogP) is 2.74. The molecule has 6 nitrogen and oxygen atoms in total. The minimum absolute atomic E-state index is 0.120. The van der Waals surface area contributed by atoms with Crippen LogP contribution in [0.5, 0.6) is 0 Å². The molecule has 0 spiro atoms. The number of anilines is 1. The summed E-state index contributed by atoms with van der Waals surface area (Å²) in [5, 5.41) is 8.29. The lowest BCUT2D eigenvalue weighted by Gasteiger charge is -2.36. The van der Waals surface area contributed by atoms with Gasteiger partial charge < -0.3 is 9.80 Å². The first-order chi connectivity index (χ1) is 13.6. The van der Waals surface area contributed by atoms with Crippen LogP contribution >= 0.6 is 0 Å². The highest BCUT2D eigenvalue weighted by molar-refractivity contribution is 5.93. The van der Waals surface area contributed by atoms with Gasteiger partial charge in [-0.3, -0.25) is 4.79 Å². The zero-order valence-electron chi connectivity index (χ0n) is 15.8. The first-order valence-corrected chi connectivity index (χ1v) is 9.36. The Morgan fingerprint density at radius 1 is 1.00 bits per heavy atom. The van der Waals surface area contributed by atoms with Crippen LogP contribution in [0.2, 0.25) is 0 Å².